The average Bonchev–Trinajstić information content (AvgIpc) is 3.17. The second-order valence-electron chi connectivity index (χ2n) is 7.56. The van der Waals surface area contributed by atoms with Crippen LogP contribution in [-0.2, 0) is 6.42 Å². The van der Waals surface area contributed by atoms with Gasteiger partial charge in [0.1, 0.15) is 28.5 Å². The van der Waals surface area contributed by atoms with E-state index in [0.717, 1.165) is 44.9 Å². The number of fused-ring (bicyclic) bond motifs is 3. The number of benzene rings is 3. The second kappa shape index (κ2) is 7.58. The van der Waals surface area contributed by atoms with E-state index in [1.807, 2.05) is 49.4 Å². The van der Waals surface area contributed by atoms with E-state index in [-0.39, 0.29) is 5.82 Å². The molecular weight excluding hydrogens is 387 g/mol. The van der Waals surface area contributed by atoms with Crippen LogP contribution in [0.25, 0.3) is 16.7 Å². The number of imidazole rings is 1. The number of H-pyrrole nitrogens is 1. The number of nitrogens with one attached hydrogen (secondary N) is 2. The highest BCUT2D eigenvalue weighted by Crippen LogP contribution is 2.29. The fourth-order valence-corrected chi connectivity index (χ4v) is 4.08. The van der Waals surface area contributed by atoms with Gasteiger partial charge in [0.25, 0.3) is 0 Å². The minimum atomic E-state index is -0.282. The molecule has 0 saturated heterocycles. The van der Waals surface area contributed by atoms with Crippen molar-refractivity contribution in [3.05, 3.63) is 107 Å². The van der Waals surface area contributed by atoms with Gasteiger partial charge in [0.05, 0.1) is 5.69 Å². The Hall–Kier alpha value is -4.17. The van der Waals surface area contributed by atoms with Crippen molar-refractivity contribution in [1.82, 2.24) is 4.98 Å². The van der Waals surface area contributed by atoms with Crippen LogP contribution in [0.15, 0.2) is 78.9 Å². The summed E-state index contributed by atoms with van der Waals surface area (Å²) in [7, 11) is 0. The van der Waals surface area contributed by atoms with Crippen molar-refractivity contribution in [1.29, 1.82) is 5.26 Å². The third-order valence-electron chi connectivity index (χ3n) is 5.64. The number of para-hydroxylation sites is 2. The molecule has 0 radical (unpaired) electrons. The monoisotopic (exact) mass is 407 g/mol. The number of nitrogens with zero attached hydrogens (tertiary/aromatic N) is 2. The van der Waals surface area contributed by atoms with Crippen LogP contribution in [0.4, 0.5) is 15.9 Å². The molecule has 0 saturated carbocycles. The molecule has 0 aliphatic carbocycles. The molecule has 2 aromatic heterocycles. The fraction of sp³-hybridized carbons (Fsp3) is 0.0769. The van der Waals surface area contributed by atoms with E-state index in [1.165, 1.54) is 12.1 Å². The predicted molar refractivity (Wildman–Crippen MR) is 120 cm³/mol. The van der Waals surface area contributed by atoms with Crippen LogP contribution in [0.2, 0.25) is 0 Å². The van der Waals surface area contributed by atoms with Crippen molar-refractivity contribution >= 4 is 28.2 Å². The first-order chi connectivity index (χ1) is 15.2. The average molecular weight is 407 g/mol. The van der Waals surface area contributed by atoms with Crippen LogP contribution < -0.4 is 9.72 Å². The van der Waals surface area contributed by atoms with Gasteiger partial charge in [-0.3, -0.25) is 10.3 Å². The number of hydrogen-bond donors (Lipinski definition) is 2. The lowest BCUT2D eigenvalue weighted by atomic mass is 9.97. The molecule has 0 aliphatic rings. The summed E-state index contributed by atoms with van der Waals surface area (Å²) in [4.78, 5) is 3.41. The van der Waals surface area contributed by atoms with E-state index >= 15 is 0 Å². The van der Waals surface area contributed by atoms with Gasteiger partial charge in [-0.1, -0.05) is 42.5 Å². The number of rotatable bonds is 4. The highest BCUT2D eigenvalue weighted by molar-refractivity contribution is 5.78. The Kier molecular flexibility index (Phi) is 4.61. The third kappa shape index (κ3) is 3.28. The van der Waals surface area contributed by atoms with Crippen molar-refractivity contribution in [3.63, 3.8) is 0 Å². The first-order valence-corrected chi connectivity index (χ1v) is 10.1. The van der Waals surface area contributed by atoms with Crippen molar-refractivity contribution in [2.75, 3.05) is 5.32 Å². The lowest BCUT2D eigenvalue weighted by Gasteiger charge is -2.14. The molecule has 3 aromatic carbocycles. The molecule has 0 atom stereocenters. The molecule has 0 fully saturated rings. The molecule has 0 amide bonds. The van der Waals surface area contributed by atoms with Crippen molar-refractivity contribution < 1.29 is 8.79 Å². The SMILES string of the molecule is Cc1c(Cc2ccccc2)c(Nc2ccc(F)cc2)[n+]2c([nH]c3ccccc32)c1C#N. The van der Waals surface area contributed by atoms with Gasteiger partial charge in [-0.25, -0.2) is 4.39 Å². The van der Waals surface area contributed by atoms with E-state index in [9.17, 15) is 9.65 Å². The number of aromatic nitrogens is 2. The number of halogens is 1. The van der Waals surface area contributed by atoms with Gasteiger partial charge in [-0.2, -0.15) is 9.66 Å². The van der Waals surface area contributed by atoms with Crippen molar-refractivity contribution in [3.8, 4) is 6.07 Å². The molecule has 2 N–H and O–H groups in total. The number of anilines is 2. The van der Waals surface area contributed by atoms with Crippen LogP contribution >= 0.6 is 0 Å². The quantitative estimate of drug-likeness (QED) is 0.383. The Labute approximate surface area is 179 Å². The molecule has 0 unspecified atom stereocenters. The maximum Gasteiger partial charge on any atom is 0.250 e. The van der Waals surface area contributed by atoms with Crippen molar-refractivity contribution in [2.24, 2.45) is 0 Å². The summed E-state index contributed by atoms with van der Waals surface area (Å²) in [5.41, 5.74) is 7.13. The first kappa shape index (κ1) is 18.8. The van der Waals surface area contributed by atoms with Gasteiger partial charge in [0, 0.05) is 12.0 Å². The van der Waals surface area contributed by atoms with E-state index < -0.39 is 0 Å². The van der Waals surface area contributed by atoms with Gasteiger partial charge in [-0.05, 0) is 54.4 Å². The summed E-state index contributed by atoms with van der Waals surface area (Å²) in [5, 5.41) is 13.5. The topological polar surface area (TPSA) is 55.7 Å². The zero-order valence-corrected chi connectivity index (χ0v) is 17.0. The summed E-state index contributed by atoms with van der Waals surface area (Å²) in [5.74, 6) is 0.579. The molecule has 5 rings (SSSR count). The van der Waals surface area contributed by atoms with Crippen LogP contribution in [0, 0.1) is 24.1 Å². The number of aromatic amines is 1. The number of nitriles is 1. The first-order valence-electron chi connectivity index (χ1n) is 10.1. The van der Waals surface area contributed by atoms with E-state index in [4.69, 9.17) is 0 Å². The van der Waals surface area contributed by atoms with Gasteiger partial charge in [0.15, 0.2) is 0 Å². The van der Waals surface area contributed by atoms with Crippen molar-refractivity contribution in [2.45, 2.75) is 13.3 Å². The maximum absolute atomic E-state index is 13.5. The Morgan fingerprint density at radius 1 is 0.968 bits per heavy atom. The number of hydrogen-bond acceptors (Lipinski definition) is 2. The zero-order chi connectivity index (χ0) is 21.4. The Bertz CT molecular complexity index is 1450. The fourth-order valence-electron chi connectivity index (χ4n) is 4.08. The third-order valence-corrected chi connectivity index (χ3v) is 5.64. The molecule has 31 heavy (non-hydrogen) atoms. The standard InChI is InChI=1S/C26H19FN4/c1-17-21(15-18-7-3-2-4-8-18)25(29-20-13-11-19(27)12-14-20)31-24-10-6-5-9-23(24)30-26(31)22(17)16-28/h2-14H,15H2,1H3,(H,29,30)/p+1. The van der Waals surface area contributed by atoms with Crippen LogP contribution in [-0.4, -0.2) is 4.98 Å². The molecule has 5 heteroatoms. The molecular formula is C26H20FN4+. The summed E-state index contributed by atoms with van der Waals surface area (Å²) in [6.07, 6.45) is 0.660. The molecule has 0 bridgehead atoms. The minimum absolute atomic E-state index is 0.282. The van der Waals surface area contributed by atoms with E-state index in [0.29, 0.717) is 12.0 Å². The summed E-state index contributed by atoms with van der Waals surface area (Å²) in [6, 6.07) is 26.9. The molecule has 150 valence electrons. The molecule has 5 aromatic rings. The Morgan fingerprint density at radius 3 is 2.42 bits per heavy atom. The van der Waals surface area contributed by atoms with Gasteiger partial charge in [-0.15, -0.1) is 0 Å². The van der Waals surface area contributed by atoms with Crippen LogP contribution in [0.1, 0.15) is 22.3 Å². The lowest BCUT2D eigenvalue weighted by molar-refractivity contribution is -0.465. The highest BCUT2D eigenvalue weighted by atomic mass is 19.1. The second-order valence-corrected chi connectivity index (χ2v) is 7.56. The van der Waals surface area contributed by atoms with Gasteiger partial charge < -0.3 is 0 Å². The summed E-state index contributed by atoms with van der Waals surface area (Å²) < 4.78 is 15.6. The zero-order valence-electron chi connectivity index (χ0n) is 17.0. The minimum Gasteiger partial charge on any atom is -0.273 e. The van der Waals surface area contributed by atoms with Crippen LogP contribution in [0.5, 0.6) is 0 Å². The summed E-state index contributed by atoms with van der Waals surface area (Å²) in [6.45, 7) is 1.98. The normalized spacial score (nSPS) is 11.0. The number of pyridine rings is 1. The summed E-state index contributed by atoms with van der Waals surface area (Å²) >= 11 is 0. The predicted octanol–water partition coefficient (Wildman–Crippen LogP) is 5.56. The Morgan fingerprint density at radius 2 is 1.68 bits per heavy atom. The van der Waals surface area contributed by atoms with Crippen LogP contribution in [0.3, 0.4) is 0 Å². The molecule has 4 nitrogen and oxygen atoms in total. The largest absolute Gasteiger partial charge is 0.273 e. The maximum atomic E-state index is 13.5. The van der Waals surface area contributed by atoms with Gasteiger partial charge >= 0.3 is 0 Å². The van der Waals surface area contributed by atoms with E-state index in [2.05, 4.69) is 32.9 Å². The van der Waals surface area contributed by atoms with Gasteiger partial charge in [0.2, 0.25) is 11.5 Å². The lowest BCUT2D eigenvalue weighted by Crippen LogP contribution is -2.28. The highest BCUT2D eigenvalue weighted by Gasteiger charge is 2.26. The Balaban J connectivity index is 1.83. The smallest absolute Gasteiger partial charge is 0.250 e. The molecule has 0 aliphatic heterocycles. The van der Waals surface area contributed by atoms with E-state index in [1.54, 1.807) is 12.1 Å². The molecule has 0 spiro atoms. The molecule has 2 heterocycles.